The van der Waals surface area contributed by atoms with Crippen molar-refractivity contribution in [3.63, 3.8) is 0 Å². The maximum absolute atomic E-state index is 13.7. The lowest BCUT2D eigenvalue weighted by Gasteiger charge is -2.12. The zero-order valence-corrected chi connectivity index (χ0v) is 13.9. The van der Waals surface area contributed by atoms with Crippen molar-refractivity contribution in [3.05, 3.63) is 28.8 Å². The van der Waals surface area contributed by atoms with Crippen LogP contribution in [0.1, 0.15) is 32.0 Å². The predicted octanol–water partition coefficient (Wildman–Crippen LogP) is 4.80. The van der Waals surface area contributed by atoms with Gasteiger partial charge in [-0.1, -0.05) is 25.4 Å². The zero-order valence-electron chi connectivity index (χ0n) is 12.4. The lowest BCUT2D eigenvalue weighted by atomic mass is 10.2. The summed E-state index contributed by atoms with van der Waals surface area (Å²) in [5, 5.41) is -0.207. The standard InChI is InChI=1S/C15H19Cl2FN2O/c1-9(2)8-21-5-4-20-14-7-12(18)11(17)6-13(14)19-15(20)10(3)16/h6-7,9-10H,4-5,8H2,1-3H3. The maximum atomic E-state index is 13.7. The third-order valence-electron chi connectivity index (χ3n) is 3.09. The molecule has 1 heterocycles. The van der Waals surface area contributed by atoms with Crippen LogP contribution in [-0.2, 0) is 11.3 Å². The van der Waals surface area contributed by atoms with Crippen LogP contribution in [0.25, 0.3) is 11.0 Å². The number of hydrogen-bond acceptors (Lipinski definition) is 2. The molecule has 0 radical (unpaired) electrons. The average molecular weight is 333 g/mol. The molecule has 0 aliphatic rings. The van der Waals surface area contributed by atoms with E-state index in [1.54, 1.807) is 0 Å². The molecule has 21 heavy (non-hydrogen) atoms. The van der Waals surface area contributed by atoms with E-state index < -0.39 is 5.82 Å². The molecule has 116 valence electrons. The number of nitrogens with zero attached hydrogens (tertiary/aromatic N) is 2. The van der Waals surface area contributed by atoms with Crippen LogP contribution in [0.3, 0.4) is 0 Å². The molecule has 0 bridgehead atoms. The van der Waals surface area contributed by atoms with E-state index in [0.717, 1.165) is 0 Å². The Labute approximate surface area is 134 Å². The van der Waals surface area contributed by atoms with Gasteiger partial charge in [-0.05, 0) is 18.9 Å². The number of alkyl halides is 1. The second-order valence-electron chi connectivity index (χ2n) is 5.46. The molecule has 0 aliphatic heterocycles. The van der Waals surface area contributed by atoms with Crippen molar-refractivity contribution in [2.75, 3.05) is 13.2 Å². The highest BCUT2D eigenvalue weighted by Gasteiger charge is 2.16. The van der Waals surface area contributed by atoms with Gasteiger partial charge in [-0.15, -0.1) is 11.6 Å². The van der Waals surface area contributed by atoms with Crippen LogP contribution in [0.4, 0.5) is 4.39 Å². The molecule has 0 amide bonds. The summed E-state index contributed by atoms with van der Waals surface area (Å²) >= 11 is 12.0. The first-order valence-electron chi connectivity index (χ1n) is 6.97. The van der Waals surface area contributed by atoms with Gasteiger partial charge in [0, 0.05) is 19.2 Å². The van der Waals surface area contributed by atoms with Crippen LogP contribution >= 0.6 is 23.2 Å². The highest BCUT2D eigenvalue weighted by Crippen LogP contribution is 2.28. The van der Waals surface area contributed by atoms with E-state index in [1.807, 2.05) is 11.5 Å². The molecule has 1 aromatic carbocycles. The molecule has 0 saturated carbocycles. The molecule has 3 nitrogen and oxygen atoms in total. The zero-order chi connectivity index (χ0) is 15.6. The maximum Gasteiger partial charge on any atom is 0.144 e. The van der Waals surface area contributed by atoms with Gasteiger partial charge in [0.2, 0.25) is 0 Å². The van der Waals surface area contributed by atoms with Crippen molar-refractivity contribution in [2.45, 2.75) is 32.7 Å². The second kappa shape index (κ2) is 6.95. The summed E-state index contributed by atoms with van der Waals surface area (Å²) in [6.07, 6.45) is 0. The normalized spacial score (nSPS) is 13.3. The Morgan fingerprint density at radius 2 is 2.05 bits per heavy atom. The summed E-state index contributed by atoms with van der Waals surface area (Å²) in [5.74, 6) is 0.718. The minimum atomic E-state index is -0.456. The molecular weight excluding hydrogens is 314 g/mol. The van der Waals surface area contributed by atoms with Gasteiger partial charge < -0.3 is 9.30 Å². The van der Waals surface area contributed by atoms with E-state index in [0.29, 0.717) is 42.5 Å². The van der Waals surface area contributed by atoms with E-state index in [4.69, 9.17) is 27.9 Å². The van der Waals surface area contributed by atoms with Gasteiger partial charge in [-0.25, -0.2) is 9.37 Å². The third kappa shape index (κ3) is 3.87. The van der Waals surface area contributed by atoms with Gasteiger partial charge in [-0.3, -0.25) is 0 Å². The highest BCUT2D eigenvalue weighted by molar-refractivity contribution is 6.31. The number of fused-ring (bicyclic) bond motifs is 1. The van der Waals surface area contributed by atoms with E-state index in [9.17, 15) is 4.39 Å². The first-order valence-corrected chi connectivity index (χ1v) is 7.78. The first kappa shape index (κ1) is 16.5. The first-order chi connectivity index (χ1) is 9.90. The Balaban J connectivity index is 2.30. The number of halogens is 3. The molecule has 0 saturated heterocycles. The molecule has 0 aliphatic carbocycles. The van der Waals surface area contributed by atoms with Gasteiger partial charge in [-0.2, -0.15) is 0 Å². The molecule has 1 atom stereocenters. The summed E-state index contributed by atoms with van der Waals surface area (Å²) in [6, 6.07) is 2.93. The van der Waals surface area contributed by atoms with Gasteiger partial charge in [0.25, 0.3) is 0 Å². The Morgan fingerprint density at radius 3 is 2.67 bits per heavy atom. The lowest BCUT2D eigenvalue weighted by molar-refractivity contribution is 0.103. The third-order valence-corrected chi connectivity index (χ3v) is 3.57. The summed E-state index contributed by atoms with van der Waals surface area (Å²) in [5.41, 5.74) is 1.33. The van der Waals surface area contributed by atoms with Crippen LogP contribution in [0, 0.1) is 11.7 Å². The molecule has 2 rings (SSSR count). The Hall–Kier alpha value is -0.840. The van der Waals surface area contributed by atoms with Crippen LogP contribution in [-0.4, -0.2) is 22.8 Å². The van der Waals surface area contributed by atoms with Crippen molar-refractivity contribution >= 4 is 34.2 Å². The van der Waals surface area contributed by atoms with E-state index >= 15 is 0 Å². The fourth-order valence-electron chi connectivity index (χ4n) is 2.15. The van der Waals surface area contributed by atoms with Crippen molar-refractivity contribution in [3.8, 4) is 0 Å². The predicted molar refractivity (Wildman–Crippen MR) is 84.6 cm³/mol. The number of hydrogen-bond donors (Lipinski definition) is 0. The number of benzene rings is 1. The minimum absolute atomic E-state index is 0.0667. The quantitative estimate of drug-likeness (QED) is 0.561. The van der Waals surface area contributed by atoms with Gasteiger partial charge in [0.1, 0.15) is 11.6 Å². The molecule has 0 fully saturated rings. The van der Waals surface area contributed by atoms with E-state index in [1.165, 1.54) is 12.1 Å². The lowest BCUT2D eigenvalue weighted by Crippen LogP contribution is -2.12. The SMILES string of the molecule is CC(C)COCCn1c(C(C)Cl)nc2cc(Cl)c(F)cc21. The highest BCUT2D eigenvalue weighted by atomic mass is 35.5. The van der Waals surface area contributed by atoms with Crippen LogP contribution < -0.4 is 0 Å². The summed E-state index contributed by atoms with van der Waals surface area (Å²) in [7, 11) is 0. The summed E-state index contributed by atoms with van der Waals surface area (Å²) in [6.45, 7) is 7.83. The van der Waals surface area contributed by atoms with Crippen LogP contribution in [0.2, 0.25) is 5.02 Å². The van der Waals surface area contributed by atoms with Gasteiger partial charge in [0.05, 0.1) is 28.0 Å². The van der Waals surface area contributed by atoms with Crippen LogP contribution in [0.5, 0.6) is 0 Å². The fraction of sp³-hybridized carbons (Fsp3) is 0.533. The smallest absolute Gasteiger partial charge is 0.144 e. The topological polar surface area (TPSA) is 27.1 Å². The van der Waals surface area contributed by atoms with Crippen molar-refractivity contribution in [1.82, 2.24) is 9.55 Å². The fourth-order valence-corrected chi connectivity index (χ4v) is 2.48. The summed E-state index contributed by atoms with van der Waals surface area (Å²) < 4.78 is 21.2. The van der Waals surface area contributed by atoms with Crippen molar-refractivity contribution in [1.29, 1.82) is 0 Å². The second-order valence-corrected chi connectivity index (χ2v) is 6.52. The number of aromatic nitrogens is 2. The van der Waals surface area contributed by atoms with Crippen molar-refractivity contribution < 1.29 is 9.13 Å². The molecular formula is C15H19Cl2FN2O. The molecule has 0 N–H and O–H groups in total. The minimum Gasteiger partial charge on any atom is -0.379 e. The molecule has 0 spiro atoms. The molecule has 1 unspecified atom stereocenters. The number of imidazole rings is 1. The Bertz CT molecular complexity index is 626. The Kier molecular flexibility index (Phi) is 5.47. The largest absolute Gasteiger partial charge is 0.379 e. The number of rotatable bonds is 6. The molecule has 6 heteroatoms. The van der Waals surface area contributed by atoms with Crippen molar-refractivity contribution in [2.24, 2.45) is 5.92 Å². The monoisotopic (exact) mass is 332 g/mol. The van der Waals surface area contributed by atoms with E-state index in [2.05, 4.69) is 18.8 Å². The summed E-state index contributed by atoms with van der Waals surface area (Å²) in [4.78, 5) is 4.45. The van der Waals surface area contributed by atoms with Gasteiger partial charge >= 0.3 is 0 Å². The van der Waals surface area contributed by atoms with E-state index in [-0.39, 0.29) is 10.4 Å². The van der Waals surface area contributed by atoms with Crippen LogP contribution in [0.15, 0.2) is 12.1 Å². The molecule has 1 aromatic heterocycles. The van der Waals surface area contributed by atoms with Gasteiger partial charge in [0.15, 0.2) is 0 Å². The average Bonchev–Trinajstić information content (AvgIpc) is 2.73. The molecule has 2 aromatic rings. The Morgan fingerprint density at radius 1 is 1.33 bits per heavy atom. The number of ether oxygens (including phenoxy) is 1.